The van der Waals surface area contributed by atoms with Gasteiger partial charge in [-0.25, -0.2) is 0 Å². The van der Waals surface area contributed by atoms with Gasteiger partial charge in [-0.2, -0.15) is 0 Å². The molecule has 0 fully saturated rings. The Morgan fingerprint density at radius 1 is 1.04 bits per heavy atom. The van der Waals surface area contributed by atoms with Gasteiger partial charge in [-0.15, -0.1) is 0 Å². The Labute approximate surface area is 135 Å². The molecule has 2 aromatic rings. The minimum absolute atomic E-state index is 0.265. The highest BCUT2D eigenvalue weighted by molar-refractivity contribution is 6.06. The molecule has 1 N–H and O–H groups in total. The smallest absolute Gasteiger partial charge is 0.311 e. The number of hydrogen-bond acceptors (Lipinski definition) is 4. The van der Waals surface area contributed by atoms with Crippen LogP contribution in [0.3, 0.4) is 0 Å². The second-order valence-electron chi connectivity index (χ2n) is 4.90. The number of rotatable bonds is 6. The zero-order chi connectivity index (χ0) is 16.7. The van der Waals surface area contributed by atoms with Crippen molar-refractivity contribution in [3.63, 3.8) is 0 Å². The molecular formula is C18H19NO4. The lowest BCUT2D eigenvalue weighted by Gasteiger charge is -2.09. The van der Waals surface area contributed by atoms with E-state index in [-0.39, 0.29) is 11.9 Å². The van der Waals surface area contributed by atoms with Crippen LogP contribution in [0.2, 0.25) is 0 Å². The van der Waals surface area contributed by atoms with Gasteiger partial charge in [0, 0.05) is 12.1 Å². The molecule has 0 bridgehead atoms. The molecule has 120 valence electrons. The largest absolute Gasteiger partial charge is 0.496 e. The molecular weight excluding hydrogens is 294 g/mol. The van der Waals surface area contributed by atoms with Crippen molar-refractivity contribution in [1.82, 2.24) is 0 Å². The van der Waals surface area contributed by atoms with Crippen molar-refractivity contribution in [2.24, 2.45) is 0 Å². The number of anilines is 1. The lowest BCUT2D eigenvalue weighted by atomic mass is 10.2. The first-order chi connectivity index (χ1) is 11.1. The molecule has 0 saturated carbocycles. The van der Waals surface area contributed by atoms with E-state index in [0.29, 0.717) is 29.2 Å². The van der Waals surface area contributed by atoms with Crippen molar-refractivity contribution in [3.8, 4) is 11.5 Å². The molecule has 1 amide bonds. The van der Waals surface area contributed by atoms with E-state index in [2.05, 4.69) is 5.32 Å². The number of para-hydroxylation sites is 1. The van der Waals surface area contributed by atoms with Gasteiger partial charge in [-0.1, -0.05) is 19.1 Å². The van der Waals surface area contributed by atoms with Crippen molar-refractivity contribution in [1.29, 1.82) is 0 Å². The Balaban J connectivity index is 2.03. The van der Waals surface area contributed by atoms with Gasteiger partial charge >= 0.3 is 5.97 Å². The van der Waals surface area contributed by atoms with E-state index in [1.54, 1.807) is 48.5 Å². The van der Waals surface area contributed by atoms with E-state index in [4.69, 9.17) is 9.47 Å². The summed E-state index contributed by atoms with van der Waals surface area (Å²) in [5.41, 5.74) is 1.06. The Bertz CT molecular complexity index is 680. The highest BCUT2D eigenvalue weighted by Gasteiger charge is 2.11. The summed E-state index contributed by atoms with van der Waals surface area (Å²) in [6.45, 7) is 1.91. The number of carbonyl (C=O) groups excluding carboxylic acids is 2. The van der Waals surface area contributed by atoms with Crippen molar-refractivity contribution in [2.75, 3.05) is 12.4 Å². The zero-order valence-electron chi connectivity index (χ0n) is 13.2. The highest BCUT2D eigenvalue weighted by atomic mass is 16.5. The lowest BCUT2D eigenvalue weighted by molar-refractivity contribution is -0.134. The minimum Gasteiger partial charge on any atom is -0.496 e. The molecule has 0 aliphatic rings. The molecule has 5 heteroatoms. The van der Waals surface area contributed by atoms with Crippen molar-refractivity contribution in [3.05, 3.63) is 54.1 Å². The molecule has 0 aromatic heterocycles. The fourth-order valence-corrected chi connectivity index (χ4v) is 2.02. The fraction of sp³-hybridized carbons (Fsp3) is 0.222. The fourth-order valence-electron chi connectivity index (χ4n) is 2.02. The summed E-state index contributed by atoms with van der Waals surface area (Å²) >= 11 is 0. The topological polar surface area (TPSA) is 64.6 Å². The third-order valence-corrected chi connectivity index (χ3v) is 3.15. The lowest BCUT2D eigenvalue weighted by Crippen LogP contribution is -2.13. The Hall–Kier alpha value is -2.82. The molecule has 0 heterocycles. The van der Waals surface area contributed by atoms with Gasteiger partial charge in [0.15, 0.2) is 0 Å². The molecule has 0 atom stereocenters. The Morgan fingerprint density at radius 3 is 2.39 bits per heavy atom. The molecule has 0 spiro atoms. The van der Waals surface area contributed by atoms with Gasteiger partial charge in [0.25, 0.3) is 5.91 Å². The van der Waals surface area contributed by atoms with Gasteiger partial charge in [0.1, 0.15) is 11.5 Å². The molecule has 0 unspecified atom stereocenters. The van der Waals surface area contributed by atoms with E-state index >= 15 is 0 Å². The number of methoxy groups -OCH3 is 1. The SMILES string of the molecule is CCCC(=O)Oc1ccc(NC(=O)c2ccccc2OC)cc1. The third kappa shape index (κ3) is 4.57. The summed E-state index contributed by atoms with van der Waals surface area (Å²) < 4.78 is 10.3. The van der Waals surface area contributed by atoms with Crippen LogP contribution in [0.1, 0.15) is 30.1 Å². The van der Waals surface area contributed by atoms with Crippen LogP contribution < -0.4 is 14.8 Å². The van der Waals surface area contributed by atoms with Crippen molar-refractivity contribution < 1.29 is 19.1 Å². The molecule has 23 heavy (non-hydrogen) atoms. The first kappa shape index (κ1) is 16.5. The van der Waals surface area contributed by atoms with Crippen molar-refractivity contribution in [2.45, 2.75) is 19.8 Å². The van der Waals surface area contributed by atoms with E-state index in [1.165, 1.54) is 7.11 Å². The standard InChI is InChI=1S/C18H19NO4/c1-3-6-17(20)23-14-11-9-13(10-12-14)19-18(21)15-7-4-5-8-16(15)22-2/h4-5,7-12H,3,6H2,1-2H3,(H,19,21). The summed E-state index contributed by atoms with van der Waals surface area (Å²) in [7, 11) is 1.52. The number of hydrogen-bond donors (Lipinski definition) is 1. The number of nitrogens with one attached hydrogen (secondary N) is 1. The highest BCUT2D eigenvalue weighted by Crippen LogP contribution is 2.21. The molecule has 2 rings (SSSR count). The summed E-state index contributed by atoms with van der Waals surface area (Å²) in [6, 6.07) is 13.6. The molecule has 5 nitrogen and oxygen atoms in total. The monoisotopic (exact) mass is 313 g/mol. The van der Waals surface area contributed by atoms with Crippen LogP contribution in [0.15, 0.2) is 48.5 Å². The molecule has 0 saturated heterocycles. The quantitative estimate of drug-likeness (QED) is 0.653. The average molecular weight is 313 g/mol. The predicted molar refractivity (Wildman–Crippen MR) is 87.9 cm³/mol. The van der Waals surface area contributed by atoms with E-state index in [1.807, 2.05) is 6.92 Å². The van der Waals surface area contributed by atoms with Crippen LogP contribution in [0.25, 0.3) is 0 Å². The second kappa shape index (κ2) is 7.98. The number of carbonyl (C=O) groups is 2. The first-order valence-electron chi connectivity index (χ1n) is 7.39. The third-order valence-electron chi connectivity index (χ3n) is 3.15. The van der Waals surface area contributed by atoms with Gasteiger partial charge in [0.05, 0.1) is 12.7 Å². The summed E-state index contributed by atoms with van der Waals surface area (Å²) in [5, 5.41) is 2.78. The van der Waals surface area contributed by atoms with E-state index < -0.39 is 0 Å². The van der Waals surface area contributed by atoms with Crippen LogP contribution in [0.4, 0.5) is 5.69 Å². The van der Waals surface area contributed by atoms with E-state index in [0.717, 1.165) is 6.42 Å². The average Bonchev–Trinajstić information content (AvgIpc) is 2.56. The Morgan fingerprint density at radius 2 is 1.74 bits per heavy atom. The van der Waals surface area contributed by atoms with Gasteiger partial charge in [-0.3, -0.25) is 9.59 Å². The maximum Gasteiger partial charge on any atom is 0.311 e. The first-order valence-corrected chi connectivity index (χ1v) is 7.39. The van der Waals surface area contributed by atoms with Crippen LogP contribution in [-0.2, 0) is 4.79 Å². The second-order valence-corrected chi connectivity index (χ2v) is 4.90. The van der Waals surface area contributed by atoms with Crippen molar-refractivity contribution >= 4 is 17.6 Å². The number of amides is 1. The zero-order valence-corrected chi connectivity index (χ0v) is 13.2. The minimum atomic E-state index is -0.266. The van der Waals surface area contributed by atoms with Gasteiger partial charge in [-0.05, 0) is 42.8 Å². The number of ether oxygens (including phenoxy) is 2. The van der Waals surface area contributed by atoms with Gasteiger partial charge < -0.3 is 14.8 Å². The van der Waals surface area contributed by atoms with Crippen LogP contribution in [0.5, 0.6) is 11.5 Å². The maximum atomic E-state index is 12.3. The normalized spacial score (nSPS) is 10.0. The molecule has 0 radical (unpaired) electrons. The summed E-state index contributed by atoms with van der Waals surface area (Å²) in [5.74, 6) is 0.436. The van der Waals surface area contributed by atoms with Crippen LogP contribution in [-0.4, -0.2) is 19.0 Å². The van der Waals surface area contributed by atoms with Crippen LogP contribution in [0, 0.1) is 0 Å². The van der Waals surface area contributed by atoms with E-state index in [9.17, 15) is 9.59 Å². The van der Waals surface area contributed by atoms with Crippen LogP contribution >= 0.6 is 0 Å². The maximum absolute atomic E-state index is 12.3. The van der Waals surface area contributed by atoms with Gasteiger partial charge in [0.2, 0.25) is 0 Å². The molecule has 0 aliphatic carbocycles. The number of esters is 1. The molecule has 2 aromatic carbocycles. The number of benzene rings is 2. The summed E-state index contributed by atoms with van der Waals surface area (Å²) in [4.78, 5) is 23.7. The predicted octanol–water partition coefficient (Wildman–Crippen LogP) is 3.65. The summed E-state index contributed by atoms with van der Waals surface area (Å²) in [6.07, 6.45) is 1.12. The molecule has 0 aliphatic heterocycles. The Kier molecular flexibility index (Phi) is 5.74.